The van der Waals surface area contributed by atoms with E-state index in [1.165, 1.54) is 18.4 Å². The smallest absolute Gasteiger partial charge is 0.161 e. The van der Waals surface area contributed by atoms with E-state index in [1.54, 1.807) is 7.11 Å². The molecule has 0 bridgehead atoms. The summed E-state index contributed by atoms with van der Waals surface area (Å²) < 4.78 is 17.1. The first kappa shape index (κ1) is 14.7. The molecule has 1 N–H and O–H groups in total. The molecule has 1 aromatic carbocycles. The van der Waals surface area contributed by atoms with Crippen LogP contribution in [0.3, 0.4) is 0 Å². The molecule has 0 spiro atoms. The van der Waals surface area contributed by atoms with Gasteiger partial charge in [-0.2, -0.15) is 0 Å². The Morgan fingerprint density at radius 1 is 1.19 bits per heavy atom. The molecule has 1 aliphatic carbocycles. The van der Waals surface area contributed by atoms with Gasteiger partial charge in [-0.15, -0.1) is 0 Å². The van der Waals surface area contributed by atoms with Crippen LogP contribution in [0.2, 0.25) is 0 Å². The van der Waals surface area contributed by atoms with Gasteiger partial charge in [-0.25, -0.2) is 0 Å². The Balaban J connectivity index is 1.58. The minimum Gasteiger partial charge on any atom is -0.493 e. The van der Waals surface area contributed by atoms with Crippen LogP contribution in [0, 0.1) is 0 Å². The van der Waals surface area contributed by atoms with Gasteiger partial charge in [0.1, 0.15) is 6.61 Å². The van der Waals surface area contributed by atoms with Crippen LogP contribution < -0.4 is 14.8 Å². The second-order valence-electron chi connectivity index (χ2n) is 6.10. The Morgan fingerprint density at radius 2 is 2.05 bits per heavy atom. The average molecular weight is 291 g/mol. The van der Waals surface area contributed by atoms with E-state index in [9.17, 15) is 0 Å². The van der Waals surface area contributed by atoms with Crippen molar-refractivity contribution in [1.29, 1.82) is 0 Å². The Labute approximate surface area is 126 Å². The standard InChI is InChI=1S/C17H25NO3/c1-12-3-7-15(21-12)11-20-17-9-13(4-8-16(17)19-2)10-18-14-5-6-14/h4,8-9,12,14-15,18H,3,5-7,10-11H2,1-2H3. The molecule has 2 aliphatic rings. The summed E-state index contributed by atoms with van der Waals surface area (Å²) in [5.74, 6) is 1.60. The van der Waals surface area contributed by atoms with Gasteiger partial charge in [0.25, 0.3) is 0 Å². The molecule has 1 aliphatic heterocycles. The quantitative estimate of drug-likeness (QED) is 0.838. The molecule has 2 atom stereocenters. The van der Waals surface area contributed by atoms with Gasteiger partial charge in [0.2, 0.25) is 0 Å². The van der Waals surface area contributed by atoms with Crippen LogP contribution in [0.5, 0.6) is 11.5 Å². The molecular weight excluding hydrogens is 266 g/mol. The normalized spacial score (nSPS) is 25.0. The van der Waals surface area contributed by atoms with Crippen LogP contribution in [0.25, 0.3) is 0 Å². The minimum absolute atomic E-state index is 0.206. The van der Waals surface area contributed by atoms with E-state index in [0.29, 0.717) is 18.8 Å². The van der Waals surface area contributed by atoms with Gasteiger partial charge in [0.15, 0.2) is 11.5 Å². The lowest BCUT2D eigenvalue weighted by molar-refractivity contribution is 0.0259. The molecule has 1 heterocycles. The van der Waals surface area contributed by atoms with Crippen LogP contribution in [0.15, 0.2) is 18.2 Å². The van der Waals surface area contributed by atoms with Gasteiger partial charge < -0.3 is 19.5 Å². The monoisotopic (exact) mass is 291 g/mol. The van der Waals surface area contributed by atoms with E-state index in [2.05, 4.69) is 24.4 Å². The van der Waals surface area contributed by atoms with Crippen molar-refractivity contribution >= 4 is 0 Å². The largest absolute Gasteiger partial charge is 0.493 e. The number of rotatable bonds is 7. The summed E-state index contributed by atoms with van der Waals surface area (Å²) in [5.41, 5.74) is 1.23. The summed E-state index contributed by atoms with van der Waals surface area (Å²) in [6.07, 6.45) is 5.36. The predicted octanol–water partition coefficient (Wildman–Crippen LogP) is 2.89. The fraction of sp³-hybridized carbons (Fsp3) is 0.647. The van der Waals surface area contributed by atoms with Crippen molar-refractivity contribution in [1.82, 2.24) is 5.32 Å². The number of hydrogen-bond acceptors (Lipinski definition) is 4. The van der Waals surface area contributed by atoms with Crippen molar-refractivity contribution in [3.63, 3.8) is 0 Å². The maximum atomic E-state index is 5.95. The fourth-order valence-corrected chi connectivity index (χ4v) is 2.68. The maximum Gasteiger partial charge on any atom is 0.161 e. The molecular formula is C17H25NO3. The van der Waals surface area contributed by atoms with E-state index in [-0.39, 0.29) is 6.10 Å². The lowest BCUT2D eigenvalue weighted by Gasteiger charge is -2.16. The molecule has 3 rings (SSSR count). The zero-order chi connectivity index (χ0) is 14.7. The van der Waals surface area contributed by atoms with Crippen molar-refractivity contribution in [3.8, 4) is 11.5 Å². The summed E-state index contributed by atoms with van der Waals surface area (Å²) in [5, 5.41) is 3.52. The minimum atomic E-state index is 0.206. The number of methoxy groups -OCH3 is 1. The molecule has 4 nitrogen and oxygen atoms in total. The first-order chi connectivity index (χ1) is 10.2. The SMILES string of the molecule is COc1ccc(CNC2CC2)cc1OCC1CCC(C)O1. The predicted molar refractivity (Wildman–Crippen MR) is 81.9 cm³/mol. The van der Waals surface area contributed by atoms with Crippen LogP contribution in [0.1, 0.15) is 38.2 Å². The van der Waals surface area contributed by atoms with E-state index < -0.39 is 0 Å². The Kier molecular flexibility index (Phi) is 4.66. The highest BCUT2D eigenvalue weighted by Gasteiger charge is 2.23. The second-order valence-corrected chi connectivity index (χ2v) is 6.10. The molecule has 4 heteroatoms. The molecule has 0 amide bonds. The van der Waals surface area contributed by atoms with Crippen molar-refractivity contribution in [2.75, 3.05) is 13.7 Å². The summed E-state index contributed by atoms with van der Waals surface area (Å²) in [7, 11) is 1.68. The van der Waals surface area contributed by atoms with Crippen LogP contribution in [-0.2, 0) is 11.3 Å². The molecule has 2 fully saturated rings. The molecule has 21 heavy (non-hydrogen) atoms. The molecule has 116 valence electrons. The molecule has 2 unspecified atom stereocenters. The van der Waals surface area contributed by atoms with Crippen molar-refractivity contribution in [2.45, 2.75) is 57.4 Å². The first-order valence-corrected chi connectivity index (χ1v) is 7.93. The third-order valence-corrected chi connectivity index (χ3v) is 4.14. The van der Waals surface area contributed by atoms with Crippen LogP contribution in [0.4, 0.5) is 0 Å². The second kappa shape index (κ2) is 6.67. The summed E-state index contributed by atoms with van der Waals surface area (Å²) >= 11 is 0. The van der Waals surface area contributed by atoms with Gasteiger partial charge in [-0.05, 0) is 50.3 Å². The molecule has 1 saturated carbocycles. The average Bonchev–Trinajstić information content (AvgIpc) is 3.24. The van der Waals surface area contributed by atoms with E-state index in [1.807, 2.05) is 6.07 Å². The Hall–Kier alpha value is -1.26. The zero-order valence-electron chi connectivity index (χ0n) is 12.9. The molecule has 1 saturated heterocycles. The third-order valence-electron chi connectivity index (χ3n) is 4.14. The zero-order valence-corrected chi connectivity index (χ0v) is 12.9. The fourth-order valence-electron chi connectivity index (χ4n) is 2.68. The number of hydrogen-bond donors (Lipinski definition) is 1. The molecule has 0 radical (unpaired) electrons. The highest BCUT2D eigenvalue weighted by atomic mass is 16.6. The highest BCUT2D eigenvalue weighted by molar-refractivity contribution is 5.43. The van der Waals surface area contributed by atoms with Gasteiger partial charge in [-0.3, -0.25) is 0 Å². The topological polar surface area (TPSA) is 39.7 Å². The highest BCUT2D eigenvalue weighted by Crippen LogP contribution is 2.30. The van der Waals surface area contributed by atoms with Crippen molar-refractivity contribution in [3.05, 3.63) is 23.8 Å². The number of benzene rings is 1. The maximum absolute atomic E-state index is 5.95. The Bertz CT molecular complexity index is 473. The third kappa shape index (κ3) is 4.11. The molecule has 0 aromatic heterocycles. The Morgan fingerprint density at radius 3 is 2.71 bits per heavy atom. The lowest BCUT2D eigenvalue weighted by atomic mass is 10.2. The van der Waals surface area contributed by atoms with E-state index >= 15 is 0 Å². The van der Waals surface area contributed by atoms with Crippen molar-refractivity contribution < 1.29 is 14.2 Å². The molecule has 1 aromatic rings. The summed E-state index contributed by atoms with van der Waals surface area (Å²) in [6.45, 7) is 3.60. The number of nitrogens with one attached hydrogen (secondary N) is 1. The lowest BCUT2D eigenvalue weighted by Crippen LogP contribution is -2.18. The van der Waals surface area contributed by atoms with Gasteiger partial charge in [0.05, 0.1) is 19.3 Å². The summed E-state index contributed by atoms with van der Waals surface area (Å²) in [6, 6.07) is 6.86. The van der Waals surface area contributed by atoms with Crippen LogP contribution >= 0.6 is 0 Å². The van der Waals surface area contributed by atoms with Gasteiger partial charge in [0, 0.05) is 12.6 Å². The van der Waals surface area contributed by atoms with E-state index in [0.717, 1.165) is 30.9 Å². The van der Waals surface area contributed by atoms with Gasteiger partial charge >= 0.3 is 0 Å². The number of ether oxygens (including phenoxy) is 3. The van der Waals surface area contributed by atoms with Crippen LogP contribution in [-0.4, -0.2) is 32.0 Å². The van der Waals surface area contributed by atoms with Gasteiger partial charge in [-0.1, -0.05) is 6.07 Å². The summed E-state index contributed by atoms with van der Waals surface area (Å²) in [4.78, 5) is 0. The van der Waals surface area contributed by atoms with E-state index in [4.69, 9.17) is 14.2 Å². The van der Waals surface area contributed by atoms with Crippen molar-refractivity contribution in [2.24, 2.45) is 0 Å². The first-order valence-electron chi connectivity index (χ1n) is 7.93.